The van der Waals surface area contributed by atoms with Gasteiger partial charge in [-0.05, 0) is 12.8 Å². The Morgan fingerprint density at radius 2 is 1.17 bits per heavy atom. The molecule has 1 heterocycles. The molecule has 53 heavy (non-hydrogen) atoms. The Morgan fingerprint density at radius 1 is 0.717 bits per heavy atom. The minimum atomic E-state index is -2.90. The zero-order valence-corrected chi connectivity index (χ0v) is 33.3. The maximum atomic E-state index is 12.7. The first-order valence-corrected chi connectivity index (χ1v) is 20.9. The van der Waals surface area contributed by atoms with Crippen molar-refractivity contribution in [1.82, 2.24) is 5.32 Å². The quantitative estimate of drug-likeness (QED) is 0.0419. The van der Waals surface area contributed by atoms with Crippen molar-refractivity contribution in [2.24, 2.45) is 0 Å². The fourth-order valence-electron chi connectivity index (χ4n) is 6.79. The molecule has 0 spiro atoms. The summed E-state index contributed by atoms with van der Waals surface area (Å²) >= 11 is 0. The number of unbranched alkanes of at least 4 members (excludes halogenated alkanes) is 20. The van der Waals surface area contributed by atoms with Gasteiger partial charge in [0, 0.05) is 20.1 Å². The van der Waals surface area contributed by atoms with Crippen LogP contribution in [0.4, 0.5) is 0 Å². The molecule has 0 bridgehead atoms. The van der Waals surface area contributed by atoms with E-state index in [0.717, 1.165) is 51.9 Å². The Morgan fingerprint density at radius 3 is 1.60 bits per heavy atom. The Kier molecular flexibility index (Phi) is 28.8. The van der Waals surface area contributed by atoms with Gasteiger partial charge in [-0.2, -0.15) is 0 Å². The summed E-state index contributed by atoms with van der Waals surface area (Å²) in [7, 11) is 0. The lowest BCUT2D eigenvalue weighted by atomic mass is 9.86. The average Bonchev–Trinajstić information content (AvgIpc) is 3.14. The van der Waals surface area contributed by atoms with Gasteiger partial charge in [-0.15, -0.1) is 0 Å². The van der Waals surface area contributed by atoms with Gasteiger partial charge in [-0.1, -0.05) is 142 Å². The molecule has 1 fully saturated rings. The first-order valence-electron chi connectivity index (χ1n) is 20.9. The number of rotatable bonds is 35. The largest absolute Gasteiger partial charge is 0.477 e. The number of ether oxygens (including phenoxy) is 4. The third-order valence-electron chi connectivity index (χ3n) is 10.1. The highest BCUT2D eigenvalue weighted by atomic mass is 16.7. The van der Waals surface area contributed by atoms with Crippen molar-refractivity contribution >= 4 is 11.9 Å². The number of hydrogen-bond donors (Lipinski definition) is 7. The van der Waals surface area contributed by atoms with E-state index in [0.29, 0.717) is 13.2 Å². The summed E-state index contributed by atoms with van der Waals surface area (Å²) in [6.45, 7) is 5.21. The Bertz CT molecular complexity index is 913. The fourth-order valence-corrected chi connectivity index (χ4v) is 6.79. The molecule has 13 nitrogen and oxygen atoms in total. The highest BCUT2D eigenvalue weighted by Gasteiger charge is 2.62. The summed E-state index contributed by atoms with van der Waals surface area (Å²) in [6.07, 6.45) is 15.8. The molecule has 1 rings (SSSR count). The van der Waals surface area contributed by atoms with Gasteiger partial charge in [0.15, 0.2) is 0 Å². The zero-order valence-electron chi connectivity index (χ0n) is 33.3. The summed E-state index contributed by atoms with van der Waals surface area (Å²) in [6, 6.07) is -1.53. The summed E-state index contributed by atoms with van der Waals surface area (Å²) in [5, 5.41) is 64.9. The molecular formula is C40H77NO12. The minimum absolute atomic E-state index is 0.0912. The monoisotopic (exact) mass is 764 g/mol. The van der Waals surface area contributed by atoms with Crippen molar-refractivity contribution < 1.29 is 59.2 Å². The molecule has 1 saturated heterocycles. The second-order valence-electron chi connectivity index (χ2n) is 14.9. The molecule has 1 aliphatic heterocycles. The molecule has 0 aromatic rings. The molecule has 0 aliphatic carbocycles. The normalized spacial score (nSPS) is 23.5. The predicted molar refractivity (Wildman–Crippen MR) is 203 cm³/mol. The van der Waals surface area contributed by atoms with Crippen LogP contribution in [0.2, 0.25) is 0 Å². The number of carbonyl (C=O) groups is 2. The standard InChI is InChI=1S/C40H77NO12/c1-4-6-8-10-12-14-16-17-18-20-22-24-26-50-29-32(51-27-25-23-21-19-15-13-11-9-7-5-2)30-52-40(39(48)49)38(47)36(46)34(41-31(3)43)37(53-40)35(45)33(44)28-42/h32-38,42,44-47H,4-30H2,1-3H3,(H,41,43)(H,48,49)/t32-,33-,34-,35-,36-,37-,38+,40-/m1/s1. The summed E-state index contributed by atoms with van der Waals surface area (Å²) < 4.78 is 23.4. The SMILES string of the molecule is CCCCCCCCCCCCCCOC[C@H](CO[C@@]1(C(=O)O)O[C@@H]([C@H](O)[C@H](O)CO)[C@H](NC(C)=O)[C@@H](O)[C@@H]1O)OCCCCCCCCCCCC. The van der Waals surface area contributed by atoms with Gasteiger partial charge in [-0.25, -0.2) is 4.79 Å². The van der Waals surface area contributed by atoms with E-state index in [1.807, 2.05) is 0 Å². The van der Waals surface area contributed by atoms with Crippen molar-refractivity contribution in [2.75, 3.05) is 33.0 Å². The number of carbonyl (C=O) groups excluding carboxylic acids is 1. The highest BCUT2D eigenvalue weighted by molar-refractivity contribution is 5.77. The molecule has 314 valence electrons. The van der Waals surface area contributed by atoms with Crippen LogP contribution >= 0.6 is 0 Å². The lowest BCUT2D eigenvalue weighted by molar-refractivity contribution is -0.351. The molecule has 0 saturated carbocycles. The number of aliphatic hydroxyl groups is 5. The average molecular weight is 764 g/mol. The predicted octanol–water partition coefficient (Wildman–Crippen LogP) is 5.15. The van der Waals surface area contributed by atoms with E-state index in [1.54, 1.807) is 0 Å². The van der Waals surface area contributed by atoms with Gasteiger partial charge in [-0.3, -0.25) is 4.79 Å². The maximum Gasteiger partial charge on any atom is 0.367 e. The molecule has 0 aromatic heterocycles. The van der Waals surface area contributed by atoms with Crippen LogP contribution in [-0.4, -0.2) is 124 Å². The van der Waals surface area contributed by atoms with Crippen LogP contribution < -0.4 is 5.32 Å². The van der Waals surface area contributed by atoms with E-state index in [1.165, 1.54) is 96.3 Å². The first kappa shape index (κ1) is 49.6. The van der Waals surface area contributed by atoms with E-state index >= 15 is 0 Å². The van der Waals surface area contributed by atoms with Crippen LogP contribution in [0.3, 0.4) is 0 Å². The topological polar surface area (TPSA) is 204 Å². The van der Waals surface area contributed by atoms with Gasteiger partial charge in [0.25, 0.3) is 5.79 Å². The fraction of sp³-hybridized carbons (Fsp3) is 0.950. The third-order valence-corrected chi connectivity index (χ3v) is 10.1. The number of aliphatic hydroxyl groups excluding tert-OH is 5. The zero-order chi connectivity index (χ0) is 39.3. The van der Waals surface area contributed by atoms with Crippen molar-refractivity contribution in [1.29, 1.82) is 0 Å². The molecule has 0 aromatic carbocycles. The molecule has 0 unspecified atom stereocenters. The number of nitrogens with one attached hydrogen (secondary N) is 1. The smallest absolute Gasteiger partial charge is 0.367 e. The van der Waals surface area contributed by atoms with Crippen molar-refractivity contribution in [3.63, 3.8) is 0 Å². The van der Waals surface area contributed by atoms with Crippen molar-refractivity contribution in [3.8, 4) is 0 Å². The number of carboxylic acid groups (broad SMARTS) is 1. The van der Waals surface area contributed by atoms with Gasteiger partial charge >= 0.3 is 5.97 Å². The van der Waals surface area contributed by atoms with Gasteiger partial charge < -0.3 is 54.9 Å². The van der Waals surface area contributed by atoms with E-state index < -0.39 is 73.5 Å². The van der Waals surface area contributed by atoms with Crippen molar-refractivity contribution in [2.45, 2.75) is 210 Å². The summed E-state index contributed by atoms with van der Waals surface area (Å²) in [5.41, 5.74) is 0. The number of amides is 1. The Balaban J connectivity index is 2.77. The summed E-state index contributed by atoms with van der Waals surface area (Å²) in [4.78, 5) is 24.5. The van der Waals surface area contributed by atoms with Crippen molar-refractivity contribution in [3.05, 3.63) is 0 Å². The van der Waals surface area contributed by atoms with E-state index in [9.17, 15) is 40.2 Å². The molecule has 0 radical (unpaired) electrons. The molecule has 13 heteroatoms. The number of hydrogen-bond acceptors (Lipinski definition) is 11. The summed E-state index contributed by atoms with van der Waals surface area (Å²) in [5.74, 6) is -5.37. The lowest BCUT2D eigenvalue weighted by Crippen LogP contribution is -2.74. The molecule has 1 amide bonds. The van der Waals surface area contributed by atoms with E-state index in [-0.39, 0.29) is 6.61 Å². The third kappa shape index (κ3) is 20.4. The lowest BCUT2D eigenvalue weighted by Gasteiger charge is -2.49. The van der Waals surface area contributed by atoms with Crippen LogP contribution in [-0.2, 0) is 28.5 Å². The van der Waals surface area contributed by atoms with Crippen LogP contribution in [0.25, 0.3) is 0 Å². The Hall–Kier alpha value is -1.42. The van der Waals surface area contributed by atoms with Gasteiger partial charge in [0.2, 0.25) is 5.91 Å². The van der Waals surface area contributed by atoms with Crippen LogP contribution in [0, 0.1) is 0 Å². The number of carboxylic acids is 1. The minimum Gasteiger partial charge on any atom is -0.477 e. The molecule has 7 N–H and O–H groups in total. The Labute approximate surface area is 319 Å². The molecule has 8 atom stereocenters. The molecular weight excluding hydrogens is 686 g/mol. The van der Waals surface area contributed by atoms with Crippen LogP contribution in [0.15, 0.2) is 0 Å². The van der Waals surface area contributed by atoms with E-state index in [4.69, 9.17) is 18.9 Å². The highest BCUT2D eigenvalue weighted by Crippen LogP contribution is 2.34. The van der Waals surface area contributed by atoms with Crippen LogP contribution in [0.1, 0.15) is 162 Å². The second-order valence-corrected chi connectivity index (χ2v) is 14.9. The maximum absolute atomic E-state index is 12.7. The van der Waals surface area contributed by atoms with E-state index in [2.05, 4.69) is 19.2 Å². The second kappa shape index (κ2) is 30.8. The first-order chi connectivity index (χ1) is 25.5. The van der Waals surface area contributed by atoms with Crippen LogP contribution in [0.5, 0.6) is 0 Å². The van der Waals surface area contributed by atoms with Gasteiger partial charge in [0.1, 0.15) is 36.6 Å². The van der Waals surface area contributed by atoms with Gasteiger partial charge in [0.05, 0.1) is 25.9 Å². The number of aliphatic carboxylic acids is 1. The molecule has 1 aliphatic rings.